The second-order valence-corrected chi connectivity index (χ2v) is 1.80. The molecule has 0 aliphatic rings. The SMILES string of the molecule is CNC(=O)OC(=O)N(C)C. The fourth-order valence-electron chi connectivity index (χ4n) is 0.222. The summed E-state index contributed by atoms with van der Waals surface area (Å²) in [7, 11) is 4.36. The van der Waals surface area contributed by atoms with E-state index in [2.05, 4.69) is 10.1 Å². The van der Waals surface area contributed by atoms with Crippen LogP contribution in [0.25, 0.3) is 0 Å². The van der Waals surface area contributed by atoms with Gasteiger partial charge in [0.05, 0.1) is 0 Å². The van der Waals surface area contributed by atoms with Crippen LogP contribution in [0.4, 0.5) is 9.59 Å². The zero-order valence-electron chi connectivity index (χ0n) is 6.17. The Morgan fingerprint density at radius 2 is 1.90 bits per heavy atom. The van der Waals surface area contributed by atoms with E-state index in [1.165, 1.54) is 21.1 Å². The second kappa shape index (κ2) is 3.71. The van der Waals surface area contributed by atoms with Crippen molar-refractivity contribution in [3.63, 3.8) is 0 Å². The van der Waals surface area contributed by atoms with E-state index in [9.17, 15) is 9.59 Å². The zero-order valence-corrected chi connectivity index (χ0v) is 6.17. The van der Waals surface area contributed by atoms with Gasteiger partial charge < -0.3 is 15.0 Å². The molecule has 0 heterocycles. The van der Waals surface area contributed by atoms with Crippen molar-refractivity contribution >= 4 is 12.2 Å². The lowest BCUT2D eigenvalue weighted by atomic mass is 10.9. The van der Waals surface area contributed by atoms with Crippen molar-refractivity contribution in [3.05, 3.63) is 0 Å². The molecule has 0 aliphatic carbocycles. The highest BCUT2D eigenvalue weighted by Gasteiger charge is 2.08. The van der Waals surface area contributed by atoms with Crippen LogP contribution in [0.2, 0.25) is 0 Å². The van der Waals surface area contributed by atoms with Gasteiger partial charge in [-0.25, -0.2) is 9.59 Å². The van der Waals surface area contributed by atoms with E-state index in [4.69, 9.17) is 0 Å². The third-order valence-corrected chi connectivity index (χ3v) is 0.749. The molecule has 0 saturated carbocycles. The molecule has 0 rings (SSSR count). The van der Waals surface area contributed by atoms with Crippen LogP contribution >= 0.6 is 0 Å². The molecular formula is C5H10N2O3. The van der Waals surface area contributed by atoms with Crippen LogP contribution in [0.5, 0.6) is 0 Å². The quantitative estimate of drug-likeness (QED) is 0.490. The van der Waals surface area contributed by atoms with Gasteiger partial charge >= 0.3 is 12.2 Å². The maximum atomic E-state index is 10.6. The number of carbonyl (C=O) groups excluding carboxylic acids is 2. The maximum absolute atomic E-state index is 10.6. The number of alkyl carbamates (subject to hydrolysis) is 1. The maximum Gasteiger partial charge on any atom is 0.418 e. The van der Waals surface area contributed by atoms with Crippen LogP contribution in [0, 0.1) is 0 Å². The number of rotatable bonds is 0. The lowest BCUT2D eigenvalue weighted by Gasteiger charge is -2.07. The minimum Gasteiger partial charge on any atom is -0.359 e. The molecule has 0 aromatic heterocycles. The molecule has 0 spiro atoms. The number of amides is 2. The monoisotopic (exact) mass is 146 g/mol. The number of ether oxygens (including phenoxy) is 1. The van der Waals surface area contributed by atoms with Gasteiger partial charge in [-0.2, -0.15) is 0 Å². The molecule has 0 unspecified atom stereocenters. The molecule has 2 amide bonds. The van der Waals surface area contributed by atoms with Gasteiger partial charge in [0, 0.05) is 21.1 Å². The molecule has 0 bridgehead atoms. The molecule has 0 fully saturated rings. The molecule has 1 N–H and O–H groups in total. The molecular weight excluding hydrogens is 136 g/mol. The van der Waals surface area contributed by atoms with E-state index in [-0.39, 0.29) is 0 Å². The summed E-state index contributed by atoms with van der Waals surface area (Å²) in [4.78, 5) is 22.1. The highest BCUT2D eigenvalue weighted by Crippen LogP contribution is 1.84. The largest absolute Gasteiger partial charge is 0.418 e. The first kappa shape index (κ1) is 8.74. The molecule has 58 valence electrons. The Hall–Kier alpha value is -1.26. The molecule has 10 heavy (non-hydrogen) atoms. The van der Waals surface area contributed by atoms with E-state index < -0.39 is 12.2 Å². The molecule has 5 heteroatoms. The lowest BCUT2D eigenvalue weighted by Crippen LogP contribution is -2.30. The molecule has 0 atom stereocenters. The summed E-state index contributed by atoms with van der Waals surface area (Å²) in [5.41, 5.74) is 0. The Kier molecular flexibility index (Phi) is 3.24. The van der Waals surface area contributed by atoms with Crippen molar-refractivity contribution < 1.29 is 14.3 Å². The van der Waals surface area contributed by atoms with Gasteiger partial charge in [0.15, 0.2) is 0 Å². The van der Waals surface area contributed by atoms with E-state index >= 15 is 0 Å². The molecule has 0 aromatic rings. The molecule has 0 aliphatic heterocycles. The van der Waals surface area contributed by atoms with E-state index in [0.29, 0.717) is 0 Å². The average Bonchev–Trinajstić information content (AvgIpc) is 1.87. The Labute approximate surface area is 58.9 Å². The summed E-state index contributed by atoms with van der Waals surface area (Å²) < 4.78 is 4.20. The predicted octanol–water partition coefficient (Wildman–Crippen LogP) is 0.0240. The van der Waals surface area contributed by atoms with Crippen molar-refractivity contribution in [3.8, 4) is 0 Å². The lowest BCUT2D eigenvalue weighted by molar-refractivity contribution is 0.132. The van der Waals surface area contributed by atoms with Crippen molar-refractivity contribution in [2.45, 2.75) is 0 Å². The summed E-state index contributed by atoms with van der Waals surface area (Å²) in [5, 5.41) is 2.14. The number of nitrogens with zero attached hydrogens (tertiary/aromatic N) is 1. The summed E-state index contributed by atoms with van der Waals surface area (Å²) in [6.07, 6.45) is -1.43. The topological polar surface area (TPSA) is 58.6 Å². The van der Waals surface area contributed by atoms with Crippen LogP contribution in [0.15, 0.2) is 0 Å². The highest BCUT2D eigenvalue weighted by molar-refractivity contribution is 5.82. The van der Waals surface area contributed by atoms with E-state index in [1.807, 2.05) is 0 Å². The van der Waals surface area contributed by atoms with E-state index in [1.54, 1.807) is 0 Å². The van der Waals surface area contributed by atoms with Crippen LogP contribution in [-0.2, 0) is 4.74 Å². The summed E-state index contributed by atoms with van der Waals surface area (Å²) >= 11 is 0. The van der Waals surface area contributed by atoms with Crippen molar-refractivity contribution in [2.75, 3.05) is 21.1 Å². The molecule has 5 nitrogen and oxygen atoms in total. The molecule has 0 aromatic carbocycles. The summed E-state index contributed by atoms with van der Waals surface area (Å²) in [6.45, 7) is 0. The number of nitrogens with one attached hydrogen (secondary N) is 1. The van der Waals surface area contributed by atoms with Gasteiger partial charge in [0.2, 0.25) is 0 Å². The summed E-state index contributed by atoms with van der Waals surface area (Å²) in [5.74, 6) is 0. The third-order valence-electron chi connectivity index (χ3n) is 0.749. The van der Waals surface area contributed by atoms with Gasteiger partial charge in [0.25, 0.3) is 0 Å². The number of hydrogen-bond acceptors (Lipinski definition) is 3. The minimum absolute atomic E-state index is 0.681. The van der Waals surface area contributed by atoms with Gasteiger partial charge in [0.1, 0.15) is 0 Å². The minimum atomic E-state index is -0.751. The Morgan fingerprint density at radius 1 is 1.40 bits per heavy atom. The normalized spacial score (nSPS) is 8.30. The zero-order chi connectivity index (χ0) is 8.15. The third kappa shape index (κ3) is 2.91. The first-order chi connectivity index (χ1) is 4.57. The fraction of sp³-hybridized carbons (Fsp3) is 0.600. The van der Waals surface area contributed by atoms with Gasteiger partial charge in [-0.15, -0.1) is 0 Å². The Morgan fingerprint density at radius 3 is 2.20 bits per heavy atom. The van der Waals surface area contributed by atoms with Crippen LogP contribution in [0.1, 0.15) is 0 Å². The number of carbonyl (C=O) groups is 2. The van der Waals surface area contributed by atoms with Crippen LogP contribution < -0.4 is 5.32 Å². The first-order valence-corrected chi connectivity index (χ1v) is 2.68. The molecule has 0 radical (unpaired) electrons. The smallest absolute Gasteiger partial charge is 0.359 e. The van der Waals surface area contributed by atoms with Crippen LogP contribution in [0.3, 0.4) is 0 Å². The molecule has 0 saturated heterocycles. The first-order valence-electron chi connectivity index (χ1n) is 2.68. The van der Waals surface area contributed by atoms with Crippen molar-refractivity contribution in [2.24, 2.45) is 0 Å². The standard InChI is InChI=1S/C5H10N2O3/c1-6-4(8)10-5(9)7(2)3/h1-3H3,(H,6,8). The summed E-state index contributed by atoms with van der Waals surface area (Å²) in [6, 6.07) is 0. The van der Waals surface area contributed by atoms with E-state index in [0.717, 1.165) is 4.90 Å². The fourth-order valence-corrected chi connectivity index (χ4v) is 0.222. The van der Waals surface area contributed by atoms with Crippen molar-refractivity contribution in [1.82, 2.24) is 10.2 Å². The van der Waals surface area contributed by atoms with Crippen LogP contribution in [-0.4, -0.2) is 38.2 Å². The Bertz CT molecular complexity index is 144. The second-order valence-electron chi connectivity index (χ2n) is 1.80. The van der Waals surface area contributed by atoms with Gasteiger partial charge in [-0.1, -0.05) is 0 Å². The number of hydrogen-bond donors (Lipinski definition) is 1. The van der Waals surface area contributed by atoms with Gasteiger partial charge in [-0.3, -0.25) is 0 Å². The van der Waals surface area contributed by atoms with Gasteiger partial charge in [-0.05, 0) is 0 Å². The Balaban J connectivity index is 3.69. The predicted molar refractivity (Wildman–Crippen MR) is 34.6 cm³/mol. The average molecular weight is 146 g/mol. The van der Waals surface area contributed by atoms with Crippen molar-refractivity contribution in [1.29, 1.82) is 0 Å². The highest BCUT2D eigenvalue weighted by atomic mass is 16.6.